The van der Waals surface area contributed by atoms with Crippen molar-refractivity contribution < 1.29 is 9.90 Å². The standard InChI is InChI=1S/C10H7ClN2O2/c1-5(10(14)15)7-4-13-8-6(7)2-3-12-9(8)11/h2-4,13H,1H2,(H,14,15). The van der Waals surface area contributed by atoms with Crippen molar-refractivity contribution in [1.82, 2.24) is 9.97 Å². The van der Waals surface area contributed by atoms with Gasteiger partial charge >= 0.3 is 5.97 Å². The minimum atomic E-state index is -1.05. The molecule has 2 aromatic heterocycles. The van der Waals surface area contributed by atoms with Crippen LogP contribution in [-0.2, 0) is 4.79 Å². The average molecular weight is 223 g/mol. The summed E-state index contributed by atoms with van der Waals surface area (Å²) in [5.41, 5.74) is 1.18. The molecule has 2 aromatic rings. The molecule has 0 amide bonds. The molecule has 0 bridgehead atoms. The summed E-state index contributed by atoms with van der Waals surface area (Å²) in [5, 5.41) is 9.85. The summed E-state index contributed by atoms with van der Waals surface area (Å²) in [6, 6.07) is 1.70. The predicted octanol–water partition coefficient (Wildman–Crippen LogP) is 2.31. The predicted molar refractivity (Wildman–Crippen MR) is 57.8 cm³/mol. The van der Waals surface area contributed by atoms with Crippen molar-refractivity contribution in [1.29, 1.82) is 0 Å². The molecule has 0 aliphatic carbocycles. The van der Waals surface area contributed by atoms with Gasteiger partial charge in [0, 0.05) is 23.3 Å². The summed E-state index contributed by atoms with van der Waals surface area (Å²) in [6.07, 6.45) is 3.09. The Balaban J connectivity index is 2.69. The van der Waals surface area contributed by atoms with E-state index in [0.29, 0.717) is 21.6 Å². The van der Waals surface area contributed by atoms with E-state index in [9.17, 15) is 4.79 Å². The number of aromatic nitrogens is 2. The van der Waals surface area contributed by atoms with Crippen molar-refractivity contribution in [3.05, 3.63) is 35.8 Å². The SMILES string of the molecule is C=C(C(=O)O)c1c[nH]c2c(Cl)nccc12. The van der Waals surface area contributed by atoms with Crippen LogP contribution < -0.4 is 0 Å². The lowest BCUT2D eigenvalue weighted by Crippen LogP contribution is -1.96. The van der Waals surface area contributed by atoms with Gasteiger partial charge in [0.15, 0.2) is 5.15 Å². The molecule has 0 saturated carbocycles. The maximum Gasteiger partial charge on any atom is 0.335 e. The molecule has 0 unspecified atom stereocenters. The Morgan fingerprint density at radius 1 is 1.60 bits per heavy atom. The highest BCUT2D eigenvalue weighted by Crippen LogP contribution is 2.27. The molecule has 0 aromatic carbocycles. The molecule has 0 spiro atoms. The van der Waals surface area contributed by atoms with Crippen LogP contribution in [0.25, 0.3) is 16.5 Å². The molecule has 2 heterocycles. The molecule has 2 rings (SSSR count). The summed E-state index contributed by atoms with van der Waals surface area (Å²) in [5.74, 6) is -1.05. The third-order valence-electron chi connectivity index (χ3n) is 2.14. The number of carbonyl (C=O) groups is 1. The summed E-state index contributed by atoms with van der Waals surface area (Å²) < 4.78 is 0. The number of halogens is 1. The Morgan fingerprint density at radius 2 is 2.33 bits per heavy atom. The maximum atomic E-state index is 10.8. The number of pyridine rings is 1. The molecule has 5 heteroatoms. The first-order valence-corrected chi connectivity index (χ1v) is 4.53. The zero-order valence-corrected chi connectivity index (χ0v) is 8.38. The molecule has 0 radical (unpaired) electrons. The normalized spacial score (nSPS) is 10.5. The minimum absolute atomic E-state index is 0.0310. The molecule has 4 nitrogen and oxygen atoms in total. The van der Waals surface area contributed by atoms with Gasteiger partial charge in [0.05, 0.1) is 11.1 Å². The van der Waals surface area contributed by atoms with E-state index in [2.05, 4.69) is 16.5 Å². The molecule has 15 heavy (non-hydrogen) atoms. The summed E-state index contributed by atoms with van der Waals surface area (Å²) in [4.78, 5) is 17.5. The van der Waals surface area contributed by atoms with Crippen LogP contribution in [0.5, 0.6) is 0 Å². The van der Waals surface area contributed by atoms with Gasteiger partial charge in [0.1, 0.15) is 0 Å². The highest BCUT2D eigenvalue weighted by Gasteiger charge is 2.13. The zero-order chi connectivity index (χ0) is 11.0. The molecule has 0 fully saturated rings. The molecular formula is C10H7ClN2O2. The van der Waals surface area contributed by atoms with Gasteiger partial charge < -0.3 is 10.1 Å². The number of rotatable bonds is 2. The topological polar surface area (TPSA) is 66.0 Å². The number of hydrogen-bond acceptors (Lipinski definition) is 2. The van der Waals surface area contributed by atoms with E-state index in [1.807, 2.05) is 0 Å². The molecule has 0 aliphatic heterocycles. The molecule has 0 atom stereocenters. The van der Waals surface area contributed by atoms with Crippen LogP contribution in [-0.4, -0.2) is 21.0 Å². The number of nitrogens with zero attached hydrogens (tertiary/aromatic N) is 1. The fourth-order valence-corrected chi connectivity index (χ4v) is 1.60. The number of H-pyrrole nitrogens is 1. The van der Waals surface area contributed by atoms with Gasteiger partial charge in [0.2, 0.25) is 0 Å². The van der Waals surface area contributed by atoms with Gasteiger partial charge in [-0.05, 0) is 6.07 Å². The third kappa shape index (κ3) is 1.49. The lowest BCUT2D eigenvalue weighted by atomic mass is 10.1. The highest BCUT2D eigenvalue weighted by atomic mass is 35.5. The van der Waals surface area contributed by atoms with Crippen molar-refractivity contribution in [3.8, 4) is 0 Å². The highest BCUT2D eigenvalue weighted by molar-refractivity contribution is 6.34. The van der Waals surface area contributed by atoms with E-state index in [0.717, 1.165) is 0 Å². The quantitative estimate of drug-likeness (QED) is 0.605. The van der Waals surface area contributed by atoms with Crippen LogP contribution in [0.1, 0.15) is 5.56 Å². The van der Waals surface area contributed by atoms with E-state index >= 15 is 0 Å². The molecule has 76 valence electrons. The average Bonchev–Trinajstić information content (AvgIpc) is 2.61. The Hall–Kier alpha value is -1.81. The lowest BCUT2D eigenvalue weighted by molar-refractivity contribution is -0.130. The van der Waals surface area contributed by atoms with Gasteiger partial charge in [-0.15, -0.1) is 0 Å². The maximum absolute atomic E-state index is 10.8. The second-order valence-corrected chi connectivity index (χ2v) is 3.37. The number of fused-ring (bicyclic) bond motifs is 1. The van der Waals surface area contributed by atoms with Crippen molar-refractivity contribution in [2.75, 3.05) is 0 Å². The van der Waals surface area contributed by atoms with Crippen LogP contribution in [0.2, 0.25) is 5.15 Å². The van der Waals surface area contributed by atoms with Crippen LogP contribution in [0.3, 0.4) is 0 Å². The molecule has 0 aliphatic rings. The number of aliphatic carboxylic acids is 1. The number of carboxylic acid groups (broad SMARTS) is 1. The Morgan fingerprint density at radius 3 is 3.00 bits per heavy atom. The molecule has 0 saturated heterocycles. The summed E-state index contributed by atoms with van der Waals surface area (Å²) in [7, 11) is 0. The van der Waals surface area contributed by atoms with Crippen LogP contribution in [0, 0.1) is 0 Å². The number of nitrogens with one attached hydrogen (secondary N) is 1. The second-order valence-electron chi connectivity index (χ2n) is 3.01. The van der Waals surface area contributed by atoms with Gasteiger partial charge in [-0.2, -0.15) is 0 Å². The summed E-state index contributed by atoms with van der Waals surface area (Å²) >= 11 is 5.84. The Labute approximate surface area is 90.2 Å². The van der Waals surface area contributed by atoms with Gasteiger partial charge in [-0.1, -0.05) is 18.2 Å². The minimum Gasteiger partial charge on any atom is -0.478 e. The van der Waals surface area contributed by atoms with Crippen molar-refractivity contribution in [2.45, 2.75) is 0 Å². The van der Waals surface area contributed by atoms with Crippen LogP contribution in [0.4, 0.5) is 0 Å². The van der Waals surface area contributed by atoms with E-state index < -0.39 is 5.97 Å². The molecule has 2 N–H and O–H groups in total. The Kier molecular flexibility index (Phi) is 2.21. The van der Waals surface area contributed by atoms with Crippen molar-refractivity contribution >= 4 is 34.0 Å². The van der Waals surface area contributed by atoms with Crippen molar-refractivity contribution in [3.63, 3.8) is 0 Å². The Bertz CT molecular complexity index is 560. The third-order valence-corrected chi connectivity index (χ3v) is 2.43. The lowest BCUT2D eigenvalue weighted by Gasteiger charge is -1.97. The van der Waals surface area contributed by atoms with E-state index in [4.69, 9.17) is 16.7 Å². The summed E-state index contributed by atoms with van der Waals surface area (Å²) in [6.45, 7) is 3.49. The van der Waals surface area contributed by atoms with E-state index in [1.54, 1.807) is 12.3 Å². The first-order chi connectivity index (χ1) is 7.11. The fourth-order valence-electron chi connectivity index (χ4n) is 1.38. The fraction of sp³-hybridized carbons (Fsp3) is 0. The first-order valence-electron chi connectivity index (χ1n) is 4.15. The monoisotopic (exact) mass is 222 g/mol. The van der Waals surface area contributed by atoms with Gasteiger partial charge in [0.25, 0.3) is 0 Å². The first kappa shape index (κ1) is 9.73. The second kappa shape index (κ2) is 3.40. The van der Waals surface area contributed by atoms with Crippen molar-refractivity contribution in [2.24, 2.45) is 0 Å². The van der Waals surface area contributed by atoms with Crippen LogP contribution >= 0.6 is 11.6 Å². The number of hydrogen-bond donors (Lipinski definition) is 2. The molecular weight excluding hydrogens is 216 g/mol. The van der Waals surface area contributed by atoms with E-state index in [1.165, 1.54) is 6.20 Å². The largest absolute Gasteiger partial charge is 0.478 e. The van der Waals surface area contributed by atoms with E-state index in [-0.39, 0.29) is 5.57 Å². The zero-order valence-electron chi connectivity index (χ0n) is 7.62. The van der Waals surface area contributed by atoms with Gasteiger partial charge in [-0.25, -0.2) is 9.78 Å². The number of aromatic amines is 1. The van der Waals surface area contributed by atoms with Gasteiger partial charge in [-0.3, -0.25) is 0 Å². The number of carboxylic acids is 1. The van der Waals surface area contributed by atoms with Crippen LogP contribution in [0.15, 0.2) is 25.0 Å². The smallest absolute Gasteiger partial charge is 0.335 e.